The molecule has 3 rings (SSSR count). The maximum absolute atomic E-state index is 11.7. The van der Waals surface area contributed by atoms with E-state index in [4.69, 9.17) is 14.2 Å². The molecule has 1 aromatic carbocycles. The number of ether oxygens (including phenoxy) is 4. The Bertz CT molecular complexity index is 864. The van der Waals surface area contributed by atoms with E-state index in [0.717, 1.165) is 6.92 Å². The van der Waals surface area contributed by atoms with Crippen LogP contribution in [-0.2, 0) is 19.0 Å². The molecule has 4 N–H and O–H groups in total. The van der Waals surface area contributed by atoms with E-state index in [0.29, 0.717) is 10.9 Å². The van der Waals surface area contributed by atoms with Gasteiger partial charge in [0.1, 0.15) is 23.7 Å². The summed E-state index contributed by atoms with van der Waals surface area (Å²) in [5.74, 6) is -1.03. The van der Waals surface area contributed by atoms with Crippen molar-refractivity contribution in [2.24, 2.45) is 0 Å². The molecule has 5 atom stereocenters. The van der Waals surface area contributed by atoms with E-state index in [1.54, 1.807) is 24.3 Å². The quantitative estimate of drug-likeness (QED) is 0.501. The number of rotatable bonds is 5. The van der Waals surface area contributed by atoms with Gasteiger partial charge in [-0.2, -0.15) is 0 Å². The number of aromatic nitrogens is 1. The van der Waals surface area contributed by atoms with Crippen molar-refractivity contribution in [3.63, 3.8) is 0 Å². The van der Waals surface area contributed by atoms with Gasteiger partial charge in [0.05, 0.1) is 19.2 Å². The largest absolute Gasteiger partial charge is 0.464 e. The molecule has 28 heavy (non-hydrogen) atoms. The van der Waals surface area contributed by atoms with Crippen LogP contribution in [0.4, 0.5) is 0 Å². The summed E-state index contributed by atoms with van der Waals surface area (Å²) in [6, 6.07) is 6.57. The number of hydrogen-bond acceptors (Lipinski definition) is 9. The minimum Gasteiger partial charge on any atom is -0.464 e. The second kappa shape index (κ2) is 8.15. The molecule has 1 aromatic heterocycles. The second-order valence-corrected chi connectivity index (χ2v) is 6.29. The molecule has 10 nitrogen and oxygen atoms in total. The first-order valence-corrected chi connectivity index (χ1v) is 8.52. The average molecular weight is 395 g/mol. The number of nitrogens with one attached hydrogen (secondary N) is 1. The number of para-hydroxylation sites is 1. The summed E-state index contributed by atoms with van der Waals surface area (Å²) < 4.78 is 20.8. The Balaban J connectivity index is 1.90. The molecule has 1 aliphatic rings. The second-order valence-electron chi connectivity index (χ2n) is 6.29. The number of aliphatic hydroxyl groups is 3. The van der Waals surface area contributed by atoms with E-state index in [2.05, 4.69) is 9.72 Å². The fourth-order valence-corrected chi connectivity index (χ4v) is 3.05. The Morgan fingerprint density at radius 3 is 2.64 bits per heavy atom. The topological polar surface area (TPSA) is 148 Å². The molecule has 0 saturated carbocycles. The van der Waals surface area contributed by atoms with Crippen molar-refractivity contribution < 1.29 is 43.9 Å². The van der Waals surface area contributed by atoms with Gasteiger partial charge in [-0.3, -0.25) is 4.79 Å². The number of fused-ring (bicyclic) bond motifs is 1. The molecule has 0 bridgehead atoms. The zero-order valence-electron chi connectivity index (χ0n) is 15.2. The molecule has 0 spiro atoms. The van der Waals surface area contributed by atoms with Gasteiger partial charge in [0.2, 0.25) is 6.29 Å². The van der Waals surface area contributed by atoms with Crippen molar-refractivity contribution in [1.82, 2.24) is 4.98 Å². The Kier molecular flexibility index (Phi) is 5.84. The average Bonchev–Trinajstić information content (AvgIpc) is 3.11. The molecule has 2 aromatic rings. The third kappa shape index (κ3) is 3.80. The Morgan fingerprint density at radius 1 is 1.25 bits per heavy atom. The third-order valence-corrected chi connectivity index (χ3v) is 4.39. The van der Waals surface area contributed by atoms with Crippen LogP contribution in [-0.4, -0.2) is 76.7 Å². The SMILES string of the molecule is COC(=O)c1cc2cccc(O[C@@H]3O[C@H](CO)[C@@H](O)[C@H](OC(C)=O)[C@@H]3O)c2[nH]1. The van der Waals surface area contributed by atoms with Gasteiger partial charge in [0.25, 0.3) is 0 Å². The van der Waals surface area contributed by atoms with Crippen molar-refractivity contribution >= 4 is 22.8 Å². The summed E-state index contributed by atoms with van der Waals surface area (Å²) in [4.78, 5) is 25.9. The number of H-pyrrole nitrogens is 1. The number of esters is 2. The lowest BCUT2D eigenvalue weighted by Crippen LogP contribution is -2.61. The first kappa shape index (κ1) is 20.1. The van der Waals surface area contributed by atoms with E-state index < -0.39 is 49.3 Å². The van der Waals surface area contributed by atoms with Crippen LogP contribution in [0, 0.1) is 0 Å². The maximum atomic E-state index is 11.7. The predicted molar refractivity (Wildman–Crippen MR) is 93.6 cm³/mol. The highest BCUT2D eigenvalue weighted by molar-refractivity contribution is 5.96. The minimum atomic E-state index is -1.52. The number of benzene rings is 1. The van der Waals surface area contributed by atoms with Gasteiger partial charge in [-0.15, -0.1) is 0 Å². The van der Waals surface area contributed by atoms with Crippen LogP contribution >= 0.6 is 0 Å². The van der Waals surface area contributed by atoms with Crippen LogP contribution in [0.5, 0.6) is 5.75 Å². The molecule has 1 aliphatic heterocycles. The van der Waals surface area contributed by atoms with Crippen LogP contribution in [0.25, 0.3) is 10.9 Å². The molecular weight excluding hydrogens is 374 g/mol. The summed E-state index contributed by atoms with van der Waals surface area (Å²) in [5, 5.41) is 30.7. The molecule has 1 fully saturated rings. The standard InChI is InChI=1S/C18H21NO9/c1-8(21)26-16-14(22)12(7-20)28-18(15(16)23)27-11-5-3-4-9-6-10(17(24)25-2)19-13(9)11/h3-6,12,14-16,18-20,22-23H,7H2,1-2H3/t12-,14-,15+,16+,18-/m1/s1. The smallest absolute Gasteiger partial charge is 0.354 e. The molecule has 0 unspecified atom stereocenters. The number of aliphatic hydroxyl groups excluding tert-OH is 3. The zero-order valence-corrected chi connectivity index (χ0v) is 15.2. The van der Waals surface area contributed by atoms with Crippen molar-refractivity contribution in [2.45, 2.75) is 37.6 Å². The van der Waals surface area contributed by atoms with Crippen molar-refractivity contribution in [3.8, 4) is 5.75 Å². The summed E-state index contributed by atoms with van der Waals surface area (Å²) >= 11 is 0. The van der Waals surface area contributed by atoms with Crippen LogP contribution in [0.1, 0.15) is 17.4 Å². The van der Waals surface area contributed by atoms with Crippen molar-refractivity contribution in [1.29, 1.82) is 0 Å². The van der Waals surface area contributed by atoms with E-state index >= 15 is 0 Å². The van der Waals surface area contributed by atoms with Gasteiger partial charge in [0, 0.05) is 12.3 Å². The number of methoxy groups -OCH3 is 1. The number of carbonyl (C=O) groups excluding carboxylic acids is 2. The number of hydrogen-bond donors (Lipinski definition) is 4. The van der Waals surface area contributed by atoms with Gasteiger partial charge in [-0.1, -0.05) is 12.1 Å². The lowest BCUT2D eigenvalue weighted by Gasteiger charge is -2.41. The van der Waals surface area contributed by atoms with E-state index in [1.807, 2.05) is 0 Å². The van der Waals surface area contributed by atoms with Crippen molar-refractivity contribution in [2.75, 3.05) is 13.7 Å². The lowest BCUT2D eigenvalue weighted by atomic mass is 9.99. The van der Waals surface area contributed by atoms with Gasteiger partial charge in [-0.05, 0) is 12.1 Å². The van der Waals surface area contributed by atoms with Crippen LogP contribution in [0.15, 0.2) is 24.3 Å². The molecule has 2 heterocycles. The van der Waals surface area contributed by atoms with Crippen LogP contribution in [0.3, 0.4) is 0 Å². The Hall–Kier alpha value is -2.66. The highest BCUT2D eigenvalue weighted by Crippen LogP contribution is 2.31. The molecule has 0 amide bonds. The van der Waals surface area contributed by atoms with Crippen LogP contribution in [0.2, 0.25) is 0 Å². The molecule has 1 saturated heterocycles. The first-order valence-electron chi connectivity index (χ1n) is 8.52. The molecule has 10 heteroatoms. The fraction of sp³-hybridized carbons (Fsp3) is 0.444. The van der Waals surface area contributed by atoms with E-state index in [9.17, 15) is 24.9 Å². The first-order chi connectivity index (χ1) is 13.3. The van der Waals surface area contributed by atoms with Gasteiger partial charge in [0.15, 0.2) is 12.2 Å². The zero-order chi connectivity index (χ0) is 20.4. The van der Waals surface area contributed by atoms with E-state index in [1.165, 1.54) is 7.11 Å². The minimum absolute atomic E-state index is 0.208. The van der Waals surface area contributed by atoms with Crippen LogP contribution < -0.4 is 4.74 Å². The molecule has 0 aliphatic carbocycles. The van der Waals surface area contributed by atoms with E-state index in [-0.39, 0.29) is 11.4 Å². The summed E-state index contributed by atoms with van der Waals surface area (Å²) in [7, 11) is 1.26. The highest BCUT2D eigenvalue weighted by atomic mass is 16.7. The summed E-state index contributed by atoms with van der Waals surface area (Å²) in [6.07, 6.45) is -6.78. The molecule has 152 valence electrons. The third-order valence-electron chi connectivity index (χ3n) is 4.39. The van der Waals surface area contributed by atoms with Gasteiger partial charge >= 0.3 is 11.9 Å². The summed E-state index contributed by atoms with van der Waals surface area (Å²) in [6.45, 7) is 0.553. The number of aromatic amines is 1. The monoisotopic (exact) mass is 395 g/mol. The number of carbonyl (C=O) groups is 2. The normalized spacial score (nSPS) is 27.4. The summed E-state index contributed by atoms with van der Waals surface area (Å²) in [5.41, 5.74) is 0.662. The predicted octanol–water partition coefficient (Wildman–Crippen LogP) is -0.296. The lowest BCUT2D eigenvalue weighted by molar-refractivity contribution is -0.280. The Labute approximate surface area is 159 Å². The van der Waals surface area contributed by atoms with Gasteiger partial charge < -0.3 is 39.3 Å². The Morgan fingerprint density at radius 2 is 2.00 bits per heavy atom. The molecular formula is C18H21NO9. The highest BCUT2D eigenvalue weighted by Gasteiger charge is 2.47. The van der Waals surface area contributed by atoms with Gasteiger partial charge in [-0.25, -0.2) is 4.79 Å². The van der Waals surface area contributed by atoms with Crippen molar-refractivity contribution in [3.05, 3.63) is 30.0 Å². The maximum Gasteiger partial charge on any atom is 0.354 e. The molecule has 0 radical (unpaired) electrons. The fourth-order valence-electron chi connectivity index (χ4n) is 3.05.